The van der Waals surface area contributed by atoms with Gasteiger partial charge in [0.1, 0.15) is 0 Å². The zero-order valence-corrected chi connectivity index (χ0v) is 18.8. The molecule has 2 aromatic rings. The molecule has 168 valence electrons. The zero-order chi connectivity index (χ0) is 22.9. The van der Waals surface area contributed by atoms with Crippen LogP contribution in [0.3, 0.4) is 0 Å². The number of anilines is 1. The van der Waals surface area contributed by atoms with Crippen molar-refractivity contribution in [3.63, 3.8) is 0 Å². The number of nitrogens with one attached hydrogen (secondary N) is 1. The fraction of sp³-hybridized carbons (Fsp3) is 0.400. The van der Waals surface area contributed by atoms with E-state index in [0.717, 1.165) is 30.6 Å². The molecule has 3 rings (SSSR count). The quantitative estimate of drug-likeness (QED) is 0.649. The molecule has 0 fully saturated rings. The van der Waals surface area contributed by atoms with Crippen LogP contribution in [0.25, 0.3) is 0 Å². The van der Waals surface area contributed by atoms with Gasteiger partial charge in [-0.05, 0) is 30.0 Å². The van der Waals surface area contributed by atoms with E-state index in [2.05, 4.69) is 4.72 Å². The Kier molecular flexibility index (Phi) is 6.65. The standard InChI is InChI=1S/C20H22F2N2O5S2/c1-11(2)8-17(25)24-7-6-13-16(10-24)30-20(18(13)19(26)29-3)31(27,28)23-12-4-5-14(21)15(22)9-12/h4-5,9,11,23H,6-8,10H2,1-3H3. The van der Waals surface area contributed by atoms with Crippen LogP contribution in [0.15, 0.2) is 22.4 Å². The van der Waals surface area contributed by atoms with E-state index in [1.54, 1.807) is 4.90 Å². The summed E-state index contributed by atoms with van der Waals surface area (Å²) in [6, 6.07) is 2.59. The third-order valence-corrected chi connectivity index (χ3v) is 7.88. The fourth-order valence-corrected chi connectivity index (χ4v) is 6.28. The molecule has 7 nitrogen and oxygen atoms in total. The lowest BCUT2D eigenvalue weighted by Crippen LogP contribution is -2.36. The Morgan fingerprint density at radius 3 is 2.58 bits per heavy atom. The van der Waals surface area contributed by atoms with Crippen LogP contribution in [-0.2, 0) is 32.5 Å². The van der Waals surface area contributed by atoms with E-state index >= 15 is 0 Å². The molecule has 0 saturated carbocycles. The van der Waals surface area contributed by atoms with Gasteiger partial charge in [-0.15, -0.1) is 11.3 Å². The highest BCUT2D eigenvalue weighted by Gasteiger charge is 2.35. The zero-order valence-electron chi connectivity index (χ0n) is 17.2. The summed E-state index contributed by atoms with van der Waals surface area (Å²) < 4.78 is 59.4. The molecule has 1 aliphatic rings. The lowest BCUT2D eigenvalue weighted by molar-refractivity contribution is -0.132. The molecule has 1 aliphatic heterocycles. The molecule has 0 radical (unpaired) electrons. The fourth-order valence-electron chi connectivity index (χ4n) is 3.33. The Balaban J connectivity index is 1.98. The van der Waals surface area contributed by atoms with Crippen molar-refractivity contribution in [3.8, 4) is 0 Å². The van der Waals surface area contributed by atoms with Crippen molar-refractivity contribution < 1.29 is 31.5 Å². The number of esters is 1. The number of ether oxygens (including phenoxy) is 1. The third-order valence-electron chi connectivity index (χ3n) is 4.77. The maximum absolute atomic E-state index is 13.5. The molecule has 1 aromatic heterocycles. The lowest BCUT2D eigenvalue weighted by Gasteiger charge is -2.27. The third kappa shape index (κ3) is 4.87. The van der Waals surface area contributed by atoms with E-state index in [4.69, 9.17) is 4.74 Å². The summed E-state index contributed by atoms with van der Waals surface area (Å²) in [6.07, 6.45) is 0.675. The highest BCUT2D eigenvalue weighted by atomic mass is 32.2. The number of rotatable bonds is 6. The number of amides is 1. The monoisotopic (exact) mass is 472 g/mol. The summed E-state index contributed by atoms with van der Waals surface area (Å²) in [6.45, 7) is 4.41. The van der Waals surface area contributed by atoms with Gasteiger partial charge >= 0.3 is 5.97 Å². The normalized spacial score (nSPS) is 13.8. The van der Waals surface area contributed by atoms with Crippen molar-refractivity contribution in [2.24, 2.45) is 5.92 Å². The van der Waals surface area contributed by atoms with E-state index in [1.165, 1.54) is 0 Å². The predicted molar refractivity (Wildman–Crippen MR) is 111 cm³/mol. The molecule has 0 unspecified atom stereocenters. The molecule has 1 amide bonds. The molecule has 0 aliphatic carbocycles. The number of hydrogen-bond acceptors (Lipinski definition) is 6. The van der Waals surface area contributed by atoms with Gasteiger partial charge in [-0.2, -0.15) is 0 Å². The van der Waals surface area contributed by atoms with Crippen LogP contribution in [0.1, 0.15) is 41.1 Å². The highest BCUT2D eigenvalue weighted by molar-refractivity contribution is 7.94. The molecular formula is C20H22F2N2O5S2. The van der Waals surface area contributed by atoms with Crippen molar-refractivity contribution >= 4 is 38.9 Å². The Morgan fingerprint density at radius 2 is 1.97 bits per heavy atom. The summed E-state index contributed by atoms with van der Waals surface area (Å²) in [5, 5.41) is 0. The molecule has 0 bridgehead atoms. The largest absolute Gasteiger partial charge is 0.465 e. The number of thiophene rings is 1. The van der Waals surface area contributed by atoms with Crippen LogP contribution < -0.4 is 4.72 Å². The number of benzene rings is 1. The Labute approximate surface area is 183 Å². The average molecular weight is 473 g/mol. The molecular weight excluding hydrogens is 450 g/mol. The predicted octanol–water partition coefficient (Wildman–Crippen LogP) is 3.54. The van der Waals surface area contributed by atoms with Crippen molar-refractivity contribution in [1.29, 1.82) is 0 Å². The van der Waals surface area contributed by atoms with Crippen LogP contribution in [0.4, 0.5) is 14.5 Å². The highest BCUT2D eigenvalue weighted by Crippen LogP contribution is 2.37. The van der Waals surface area contributed by atoms with Gasteiger partial charge in [0.2, 0.25) is 5.91 Å². The second-order valence-corrected chi connectivity index (χ2v) is 10.5. The minimum Gasteiger partial charge on any atom is -0.465 e. The number of sulfonamides is 1. The summed E-state index contributed by atoms with van der Waals surface area (Å²) in [7, 11) is -3.16. The van der Waals surface area contributed by atoms with Crippen LogP contribution >= 0.6 is 11.3 Å². The molecule has 0 atom stereocenters. The van der Waals surface area contributed by atoms with Gasteiger partial charge in [-0.1, -0.05) is 13.8 Å². The summed E-state index contributed by atoms with van der Waals surface area (Å²) in [5.41, 5.74) is 0.250. The first-order valence-corrected chi connectivity index (χ1v) is 11.8. The van der Waals surface area contributed by atoms with Gasteiger partial charge in [0.05, 0.1) is 24.9 Å². The van der Waals surface area contributed by atoms with E-state index in [9.17, 15) is 26.8 Å². The van der Waals surface area contributed by atoms with Crippen LogP contribution in [0.5, 0.6) is 0 Å². The van der Waals surface area contributed by atoms with Gasteiger partial charge in [0.15, 0.2) is 15.8 Å². The van der Waals surface area contributed by atoms with Gasteiger partial charge in [0, 0.05) is 23.9 Å². The lowest BCUT2D eigenvalue weighted by atomic mass is 10.0. The van der Waals surface area contributed by atoms with Crippen LogP contribution in [0, 0.1) is 17.6 Å². The number of hydrogen-bond donors (Lipinski definition) is 1. The number of methoxy groups -OCH3 is 1. The SMILES string of the molecule is COC(=O)c1c(S(=O)(=O)Nc2ccc(F)c(F)c2)sc2c1CCN(C(=O)CC(C)C)C2. The Bertz CT molecular complexity index is 1130. The topological polar surface area (TPSA) is 92.8 Å². The second kappa shape index (κ2) is 8.91. The minimum atomic E-state index is -4.30. The van der Waals surface area contributed by atoms with Gasteiger partial charge in [-0.3, -0.25) is 9.52 Å². The first kappa shape index (κ1) is 23.1. The number of halogens is 2. The van der Waals surface area contributed by atoms with Crippen LogP contribution in [-0.4, -0.2) is 38.8 Å². The summed E-state index contributed by atoms with van der Waals surface area (Å²) in [5.74, 6) is -3.00. The first-order valence-electron chi connectivity index (χ1n) is 9.52. The molecule has 31 heavy (non-hydrogen) atoms. The van der Waals surface area contributed by atoms with Crippen molar-refractivity contribution in [3.05, 3.63) is 45.8 Å². The molecule has 1 aromatic carbocycles. The van der Waals surface area contributed by atoms with Gasteiger partial charge in [-0.25, -0.2) is 22.0 Å². The second-order valence-electron chi connectivity index (χ2n) is 7.56. The number of fused-ring (bicyclic) bond motifs is 1. The summed E-state index contributed by atoms with van der Waals surface area (Å²) >= 11 is 0.866. The minimum absolute atomic E-state index is 0.0435. The van der Waals surface area contributed by atoms with Crippen LogP contribution in [0.2, 0.25) is 0 Å². The maximum Gasteiger partial charge on any atom is 0.340 e. The molecule has 1 N–H and O–H groups in total. The number of carbonyl (C=O) groups is 2. The number of carbonyl (C=O) groups excluding carboxylic acids is 2. The van der Waals surface area contributed by atoms with Gasteiger partial charge < -0.3 is 9.64 Å². The molecule has 0 saturated heterocycles. The van der Waals surface area contributed by atoms with Crippen molar-refractivity contribution in [1.82, 2.24) is 4.90 Å². The van der Waals surface area contributed by atoms with E-state index < -0.39 is 27.6 Å². The van der Waals surface area contributed by atoms with Crippen molar-refractivity contribution in [2.45, 2.75) is 37.4 Å². The van der Waals surface area contributed by atoms with E-state index in [-0.39, 0.29) is 33.8 Å². The van der Waals surface area contributed by atoms with E-state index in [1.807, 2.05) is 13.8 Å². The Morgan fingerprint density at radius 1 is 1.26 bits per heavy atom. The molecule has 11 heteroatoms. The number of nitrogens with zero attached hydrogens (tertiary/aromatic N) is 1. The maximum atomic E-state index is 13.5. The molecule has 2 heterocycles. The smallest absolute Gasteiger partial charge is 0.340 e. The Hall–Kier alpha value is -2.53. The first-order chi connectivity index (χ1) is 14.5. The van der Waals surface area contributed by atoms with E-state index in [0.29, 0.717) is 35.9 Å². The average Bonchev–Trinajstić information content (AvgIpc) is 3.09. The summed E-state index contributed by atoms with van der Waals surface area (Å²) in [4.78, 5) is 27.1. The van der Waals surface area contributed by atoms with Gasteiger partial charge in [0.25, 0.3) is 10.0 Å². The van der Waals surface area contributed by atoms with Crippen molar-refractivity contribution in [2.75, 3.05) is 18.4 Å². The molecule has 0 spiro atoms.